The molecule has 0 amide bonds. The molecule has 2 nitrogen and oxygen atoms in total. The Hall–Kier alpha value is -2.17. The first-order valence-electron chi connectivity index (χ1n) is 6.48. The maximum atomic E-state index is 12.9. The third kappa shape index (κ3) is 3.48. The highest BCUT2D eigenvalue weighted by Gasteiger charge is 2.32. The summed E-state index contributed by atoms with van der Waals surface area (Å²) in [5, 5.41) is 12.5. The van der Waals surface area contributed by atoms with Gasteiger partial charge in [0.1, 0.15) is 5.75 Å². The maximum Gasteiger partial charge on any atom is 0.418 e. The lowest BCUT2D eigenvalue weighted by atomic mass is 10.1. The van der Waals surface area contributed by atoms with Gasteiger partial charge in [0.25, 0.3) is 0 Å². The molecule has 0 aliphatic rings. The van der Waals surface area contributed by atoms with Crippen LogP contribution in [0.15, 0.2) is 36.4 Å². The van der Waals surface area contributed by atoms with Crippen molar-refractivity contribution in [2.75, 3.05) is 5.32 Å². The SMILES string of the molecule is Cc1cc(CNc2ccccc2C(F)(F)F)cc(C)c1O. The van der Waals surface area contributed by atoms with Crippen molar-refractivity contribution in [1.29, 1.82) is 0 Å². The van der Waals surface area contributed by atoms with Gasteiger partial charge in [-0.05, 0) is 42.7 Å². The molecule has 21 heavy (non-hydrogen) atoms. The molecular formula is C16H16F3NO. The predicted octanol–water partition coefficient (Wildman–Crippen LogP) is 4.64. The van der Waals surface area contributed by atoms with E-state index >= 15 is 0 Å². The molecule has 0 unspecified atom stereocenters. The number of phenols is 1. The van der Waals surface area contributed by atoms with Crippen molar-refractivity contribution in [1.82, 2.24) is 0 Å². The molecule has 2 aromatic carbocycles. The molecule has 0 heterocycles. The smallest absolute Gasteiger partial charge is 0.418 e. The van der Waals surface area contributed by atoms with Crippen molar-refractivity contribution in [3.63, 3.8) is 0 Å². The number of hydrogen-bond donors (Lipinski definition) is 2. The van der Waals surface area contributed by atoms with E-state index in [0.29, 0.717) is 11.1 Å². The number of hydrogen-bond acceptors (Lipinski definition) is 2. The lowest BCUT2D eigenvalue weighted by molar-refractivity contribution is -0.136. The normalized spacial score (nSPS) is 11.5. The largest absolute Gasteiger partial charge is 0.507 e. The van der Waals surface area contributed by atoms with E-state index < -0.39 is 11.7 Å². The Kier molecular flexibility index (Phi) is 4.11. The van der Waals surface area contributed by atoms with Gasteiger partial charge in [0.05, 0.1) is 5.56 Å². The Balaban J connectivity index is 2.21. The molecule has 0 atom stereocenters. The van der Waals surface area contributed by atoms with Gasteiger partial charge >= 0.3 is 6.18 Å². The summed E-state index contributed by atoms with van der Waals surface area (Å²) in [7, 11) is 0. The van der Waals surface area contributed by atoms with Crippen LogP contribution in [0.4, 0.5) is 18.9 Å². The fourth-order valence-corrected chi connectivity index (χ4v) is 2.23. The number of benzene rings is 2. The first-order valence-corrected chi connectivity index (χ1v) is 6.48. The summed E-state index contributed by atoms with van der Waals surface area (Å²) in [4.78, 5) is 0. The zero-order valence-electron chi connectivity index (χ0n) is 11.8. The third-order valence-electron chi connectivity index (χ3n) is 3.27. The van der Waals surface area contributed by atoms with Crippen LogP contribution < -0.4 is 5.32 Å². The first-order chi connectivity index (χ1) is 9.79. The number of phenolic OH excluding ortho intramolecular Hbond substituents is 1. The van der Waals surface area contributed by atoms with E-state index in [2.05, 4.69) is 5.32 Å². The molecule has 0 aromatic heterocycles. The van der Waals surface area contributed by atoms with Crippen molar-refractivity contribution in [3.05, 3.63) is 58.7 Å². The predicted molar refractivity (Wildman–Crippen MR) is 76.4 cm³/mol. The summed E-state index contributed by atoms with van der Waals surface area (Å²) < 4.78 is 38.6. The summed E-state index contributed by atoms with van der Waals surface area (Å²) in [6, 6.07) is 8.89. The van der Waals surface area contributed by atoms with Gasteiger partial charge in [-0.15, -0.1) is 0 Å². The summed E-state index contributed by atoms with van der Waals surface area (Å²) in [6.45, 7) is 3.78. The molecule has 0 saturated heterocycles. The number of anilines is 1. The zero-order chi connectivity index (χ0) is 15.6. The molecule has 112 valence electrons. The average molecular weight is 295 g/mol. The minimum atomic E-state index is -4.38. The minimum Gasteiger partial charge on any atom is -0.507 e. The standard InChI is InChI=1S/C16H16F3NO/c1-10-7-12(8-11(2)15(10)21)9-20-14-6-4-3-5-13(14)16(17,18)19/h3-8,20-21H,9H2,1-2H3. The quantitative estimate of drug-likeness (QED) is 0.864. The molecule has 2 rings (SSSR count). The van der Waals surface area contributed by atoms with Gasteiger partial charge in [-0.1, -0.05) is 24.3 Å². The number of aryl methyl sites for hydroxylation is 2. The van der Waals surface area contributed by atoms with E-state index in [-0.39, 0.29) is 18.0 Å². The summed E-state index contributed by atoms with van der Waals surface area (Å²) in [6.07, 6.45) is -4.38. The minimum absolute atomic E-state index is 0.0494. The van der Waals surface area contributed by atoms with Gasteiger partial charge in [0.15, 0.2) is 0 Å². The Morgan fingerprint density at radius 2 is 1.62 bits per heavy atom. The highest BCUT2D eigenvalue weighted by atomic mass is 19.4. The number of halogens is 3. The van der Waals surface area contributed by atoms with E-state index in [1.165, 1.54) is 12.1 Å². The molecule has 0 spiro atoms. The van der Waals surface area contributed by atoms with Crippen LogP contribution in [0.25, 0.3) is 0 Å². The molecule has 5 heteroatoms. The number of alkyl halides is 3. The molecule has 0 saturated carbocycles. The molecule has 0 radical (unpaired) electrons. The lowest BCUT2D eigenvalue weighted by Crippen LogP contribution is -2.10. The maximum absolute atomic E-state index is 12.9. The van der Waals surface area contributed by atoms with E-state index in [1.54, 1.807) is 32.0 Å². The van der Waals surface area contributed by atoms with Crippen molar-refractivity contribution in [3.8, 4) is 5.75 Å². The second kappa shape index (κ2) is 5.68. The van der Waals surface area contributed by atoms with Gasteiger partial charge in [0, 0.05) is 12.2 Å². The molecule has 0 bridgehead atoms. The molecule has 0 fully saturated rings. The lowest BCUT2D eigenvalue weighted by Gasteiger charge is -2.15. The van der Waals surface area contributed by atoms with Crippen molar-refractivity contribution in [2.45, 2.75) is 26.6 Å². The monoisotopic (exact) mass is 295 g/mol. The molecule has 0 aliphatic heterocycles. The molecular weight excluding hydrogens is 279 g/mol. The van der Waals surface area contributed by atoms with Crippen LogP contribution in [-0.4, -0.2) is 5.11 Å². The number of para-hydroxylation sites is 1. The van der Waals surface area contributed by atoms with Crippen molar-refractivity contribution >= 4 is 5.69 Å². The van der Waals surface area contributed by atoms with Crippen LogP contribution in [0.1, 0.15) is 22.3 Å². The van der Waals surface area contributed by atoms with E-state index in [0.717, 1.165) is 11.6 Å². The van der Waals surface area contributed by atoms with Crippen LogP contribution >= 0.6 is 0 Å². The van der Waals surface area contributed by atoms with Gasteiger partial charge in [-0.3, -0.25) is 0 Å². The zero-order valence-corrected chi connectivity index (χ0v) is 11.8. The topological polar surface area (TPSA) is 32.3 Å². The van der Waals surface area contributed by atoms with Gasteiger partial charge in [-0.25, -0.2) is 0 Å². The third-order valence-corrected chi connectivity index (χ3v) is 3.27. The Morgan fingerprint density at radius 3 is 2.19 bits per heavy atom. The number of aromatic hydroxyl groups is 1. The van der Waals surface area contributed by atoms with Crippen molar-refractivity contribution in [2.24, 2.45) is 0 Å². The van der Waals surface area contributed by atoms with Crippen LogP contribution in [-0.2, 0) is 12.7 Å². The van der Waals surface area contributed by atoms with Crippen LogP contribution in [0.5, 0.6) is 5.75 Å². The Morgan fingerprint density at radius 1 is 1.05 bits per heavy atom. The van der Waals surface area contributed by atoms with E-state index in [4.69, 9.17) is 0 Å². The summed E-state index contributed by atoms with van der Waals surface area (Å²) in [5.74, 6) is 0.217. The average Bonchev–Trinajstić information content (AvgIpc) is 2.41. The van der Waals surface area contributed by atoms with Crippen LogP contribution in [0.3, 0.4) is 0 Å². The summed E-state index contributed by atoms with van der Waals surface area (Å²) in [5.41, 5.74) is 1.59. The van der Waals surface area contributed by atoms with Crippen LogP contribution in [0.2, 0.25) is 0 Å². The van der Waals surface area contributed by atoms with Crippen LogP contribution in [0, 0.1) is 13.8 Å². The Bertz CT molecular complexity index is 627. The summed E-state index contributed by atoms with van der Waals surface area (Å²) >= 11 is 0. The second-order valence-electron chi connectivity index (χ2n) is 4.98. The second-order valence-corrected chi connectivity index (χ2v) is 4.98. The van der Waals surface area contributed by atoms with Gasteiger partial charge < -0.3 is 10.4 Å². The highest BCUT2D eigenvalue weighted by molar-refractivity contribution is 5.53. The fraction of sp³-hybridized carbons (Fsp3) is 0.250. The van der Waals surface area contributed by atoms with E-state index in [9.17, 15) is 18.3 Å². The number of nitrogens with one attached hydrogen (secondary N) is 1. The first kappa shape index (κ1) is 15.2. The molecule has 2 aromatic rings. The van der Waals surface area contributed by atoms with Gasteiger partial charge in [-0.2, -0.15) is 13.2 Å². The molecule has 0 aliphatic carbocycles. The fourth-order valence-electron chi connectivity index (χ4n) is 2.23. The Labute approximate surface area is 121 Å². The molecule has 2 N–H and O–H groups in total. The van der Waals surface area contributed by atoms with Crippen molar-refractivity contribution < 1.29 is 18.3 Å². The highest BCUT2D eigenvalue weighted by Crippen LogP contribution is 2.34. The number of rotatable bonds is 3. The van der Waals surface area contributed by atoms with E-state index in [1.807, 2.05) is 0 Å². The van der Waals surface area contributed by atoms with Gasteiger partial charge in [0.2, 0.25) is 0 Å².